The Bertz CT molecular complexity index is 429. The third-order valence-corrected chi connectivity index (χ3v) is 4.91. The molecule has 0 radical (unpaired) electrons. The molecule has 1 N–H and O–H groups in total. The van der Waals surface area contributed by atoms with E-state index in [1.54, 1.807) is 12.1 Å². The molecule has 3 rings (SSSR count). The van der Waals surface area contributed by atoms with Crippen molar-refractivity contribution in [3.8, 4) is 0 Å². The van der Waals surface area contributed by atoms with Gasteiger partial charge in [-0.3, -0.25) is 0 Å². The van der Waals surface area contributed by atoms with E-state index < -0.39 is 0 Å². The van der Waals surface area contributed by atoms with Gasteiger partial charge in [0, 0.05) is 6.54 Å². The van der Waals surface area contributed by atoms with E-state index >= 15 is 0 Å². The third-order valence-electron chi connectivity index (χ3n) is 4.91. The molecule has 1 nitrogen and oxygen atoms in total. The van der Waals surface area contributed by atoms with Gasteiger partial charge in [0.2, 0.25) is 0 Å². The molecule has 2 saturated carbocycles. The van der Waals surface area contributed by atoms with Crippen LogP contribution in [0.4, 0.5) is 4.39 Å². The maximum atomic E-state index is 13.0. The number of hydrogen-bond donors (Lipinski definition) is 1. The molecule has 2 bridgehead atoms. The fraction of sp³-hybridized carbons (Fsp3) is 0.625. The van der Waals surface area contributed by atoms with Crippen LogP contribution in [0.15, 0.2) is 18.2 Å². The summed E-state index contributed by atoms with van der Waals surface area (Å²) in [5, 5.41) is 3.57. The molecule has 98 valence electrons. The van der Waals surface area contributed by atoms with Crippen molar-refractivity contribution in [2.24, 2.45) is 17.8 Å². The average molecular weight is 247 g/mol. The van der Waals surface area contributed by atoms with Crippen molar-refractivity contribution >= 4 is 0 Å². The molecular weight excluding hydrogens is 225 g/mol. The lowest BCUT2D eigenvalue weighted by Gasteiger charge is -2.22. The Kier molecular flexibility index (Phi) is 3.38. The molecule has 0 heterocycles. The second-order valence-corrected chi connectivity index (χ2v) is 6.14. The Balaban J connectivity index is 1.50. The van der Waals surface area contributed by atoms with Gasteiger partial charge in [-0.2, -0.15) is 0 Å². The molecule has 3 unspecified atom stereocenters. The average Bonchev–Trinajstić information content (AvgIpc) is 2.94. The number of fused-ring (bicyclic) bond motifs is 2. The minimum absolute atomic E-state index is 0.135. The summed E-state index contributed by atoms with van der Waals surface area (Å²) in [6.45, 7) is 4.00. The number of rotatable bonds is 4. The summed E-state index contributed by atoms with van der Waals surface area (Å²) in [6.07, 6.45) is 5.83. The van der Waals surface area contributed by atoms with E-state index in [9.17, 15) is 4.39 Å². The van der Waals surface area contributed by atoms with E-state index in [4.69, 9.17) is 0 Å². The quantitative estimate of drug-likeness (QED) is 0.856. The van der Waals surface area contributed by atoms with Gasteiger partial charge in [-0.05, 0) is 73.7 Å². The largest absolute Gasteiger partial charge is 0.312 e. The van der Waals surface area contributed by atoms with Gasteiger partial charge < -0.3 is 5.32 Å². The lowest BCUT2D eigenvalue weighted by atomic mass is 9.89. The van der Waals surface area contributed by atoms with Gasteiger partial charge >= 0.3 is 0 Å². The van der Waals surface area contributed by atoms with Crippen LogP contribution in [0.25, 0.3) is 0 Å². The first-order valence-electron chi connectivity index (χ1n) is 7.18. The number of nitrogens with one attached hydrogen (secondary N) is 1. The Hall–Kier alpha value is -0.890. The molecule has 18 heavy (non-hydrogen) atoms. The van der Waals surface area contributed by atoms with E-state index in [-0.39, 0.29) is 5.82 Å². The first-order valence-corrected chi connectivity index (χ1v) is 7.18. The second kappa shape index (κ2) is 5.00. The van der Waals surface area contributed by atoms with Crippen molar-refractivity contribution in [1.82, 2.24) is 5.32 Å². The molecule has 0 aromatic heterocycles. The zero-order chi connectivity index (χ0) is 12.5. The summed E-state index contributed by atoms with van der Waals surface area (Å²) in [5.74, 6) is 2.76. The molecule has 2 aliphatic carbocycles. The number of halogens is 1. The minimum atomic E-state index is -0.135. The van der Waals surface area contributed by atoms with Crippen LogP contribution in [0.3, 0.4) is 0 Å². The molecule has 3 atom stereocenters. The highest BCUT2D eigenvalue weighted by Crippen LogP contribution is 2.47. The van der Waals surface area contributed by atoms with Gasteiger partial charge in [0.15, 0.2) is 0 Å². The molecule has 1 aromatic rings. The van der Waals surface area contributed by atoms with Crippen molar-refractivity contribution in [3.63, 3.8) is 0 Å². The molecule has 0 spiro atoms. The Morgan fingerprint density at radius 1 is 1.28 bits per heavy atom. The highest BCUT2D eigenvalue weighted by Gasteiger charge is 2.38. The highest BCUT2D eigenvalue weighted by molar-refractivity contribution is 5.26. The van der Waals surface area contributed by atoms with Gasteiger partial charge in [-0.1, -0.05) is 12.5 Å². The Labute approximate surface area is 109 Å². The standard InChI is InChI=1S/C16H22FN/c1-11-6-16(17)5-4-14(11)9-18-10-15-8-12-2-3-13(15)7-12/h4-6,12-13,15,18H,2-3,7-10H2,1H3. The molecule has 0 saturated heterocycles. The molecule has 0 aliphatic heterocycles. The predicted molar refractivity (Wildman–Crippen MR) is 71.8 cm³/mol. The van der Waals surface area contributed by atoms with E-state index in [1.165, 1.54) is 31.2 Å². The van der Waals surface area contributed by atoms with Crippen molar-refractivity contribution in [2.75, 3.05) is 6.54 Å². The van der Waals surface area contributed by atoms with Gasteiger partial charge in [0.25, 0.3) is 0 Å². The SMILES string of the molecule is Cc1cc(F)ccc1CNCC1CC2CCC1C2. The van der Waals surface area contributed by atoms with Crippen molar-refractivity contribution < 1.29 is 4.39 Å². The Morgan fingerprint density at radius 2 is 2.17 bits per heavy atom. The number of aryl methyl sites for hydroxylation is 1. The fourth-order valence-corrected chi connectivity index (χ4v) is 3.88. The maximum absolute atomic E-state index is 13.0. The minimum Gasteiger partial charge on any atom is -0.312 e. The van der Waals surface area contributed by atoms with Crippen LogP contribution in [0.5, 0.6) is 0 Å². The lowest BCUT2D eigenvalue weighted by molar-refractivity contribution is 0.318. The van der Waals surface area contributed by atoms with Crippen molar-refractivity contribution in [1.29, 1.82) is 0 Å². The van der Waals surface area contributed by atoms with Gasteiger partial charge in [-0.15, -0.1) is 0 Å². The lowest BCUT2D eigenvalue weighted by Crippen LogP contribution is -2.26. The van der Waals surface area contributed by atoms with Crippen molar-refractivity contribution in [3.05, 3.63) is 35.1 Å². The summed E-state index contributed by atoms with van der Waals surface area (Å²) < 4.78 is 13.0. The van der Waals surface area contributed by atoms with Crippen LogP contribution < -0.4 is 5.32 Å². The van der Waals surface area contributed by atoms with Gasteiger partial charge in [-0.25, -0.2) is 4.39 Å². The zero-order valence-corrected chi connectivity index (χ0v) is 11.1. The first-order chi connectivity index (χ1) is 8.72. The van der Waals surface area contributed by atoms with Gasteiger partial charge in [0.1, 0.15) is 5.82 Å². The van der Waals surface area contributed by atoms with Crippen LogP contribution in [0.2, 0.25) is 0 Å². The normalized spacial score (nSPS) is 30.0. The third kappa shape index (κ3) is 2.44. The van der Waals surface area contributed by atoms with E-state index in [0.717, 1.165) is 36.4 Å². The summed E-state index contributed by atoms with van der Waals surface area (Å²) in [6, 6.07) is 5.08. The zero-order valence-electron chi connectivity index (χ0n) is 11.1. The maximum Gasteiger partial charge on any atom is 0.123 e. The van der Waals surface area contributed by atoms with Crippen molar-refractivity contribution in [2.45, 2.75) is 39.2 Å². The van der Waals surface area contributed by atoms with Gasteiger partial charge in [0.05, 0.1) is 0 Å². The van der Waals surface area contributed by atoms with E-state index in [0.29, 0.717) is 0 Å². The highest BCUT2D eigenvalue weighted by atomic mass is 19.1. The summed E-state index contributed by atoms with van der Waals surface area (Å²) >= 11 is 0. The fourth-order valence-electron chi connectivity index (χ4n) is 3.88. The topological polar surface area (TPSA) is 12.0 Å². The molecule has 2 fully saturated rings. The molecular formula is C16H22FN. The molecule has 0 amide bonds. The Morgan fingerprint density at radius 3 is 2.83 bits per heavy atom. The molecule has 2 aliphatic rings. The number of benzene rings is 1. The van der Waals surface area contributed by atoms with Crippen LogP contribution in [-0.2, 0) is 6.54 Å². The number of hydrogen-bond acceptors (Lipinski definition) is 1. The predicted octanol–water partition coefficient (Wildman–Crippen LogP) is 3.66. The van der Waals surface area contributed by atoms with E-state index in [1.807, 2.05) is 13.0 Å². The van der Waals surface area contributed by atoms with Crippen LogP contribution in [-0.4, -0.2) is 6.54 Å². The monoisotopic (exact) mass is 247 g/mol. The summed E-state index contributed by atoms with van der Waals surface area (Å²) in [7, 11) is 0. The summed E-state index contributed by atoms with van der Waals surface area (Å²) in [4.78, 5) is 0. The summed E-state index contributed by atoms with van der Waals surface area (Å²) in [5.41, 5.74) is 2.27. The van der Waals surface area contributed by atoms with Crippen LogP contribution >= 0.6 is 0 Å². The van der Waals surface area contributed by atoms with E-state index in [2.05, 4.69) is 5.32 Å². The van der Waals surface area contributed by atoms with Crippen LogP contribution in [0.1, 0.15) is 36.8 Å². The molecule has 2 heteroatoms. The first kappa shape index (κ1) is 12.2. The molecule has 1 aromatic carbocycles. The smallest absolute Gasteiger partial charge is 0.123 e. The van der Waals surface area contributed by atoms with Crippen LogP contribution in [0, 0.1) is 30.5 Å². The second-order valence-electron chi connectivity index (χ2n) is 6.14.